The van der Waals surface area contributed by atoms with Gasteiger partial charge in [-0.15, -0.1) is 0 Å². The molecular weight excluding hydrogens is 289 g/mol. The van der Waals surface area contributed by atoms with Gasteiger partial charge in [-0.25, -0.2) is 4.57 Å². The molecule has 5 nitrogen and oxygen atoms in total. The predicted molar refractivity (Wildman–Crippen MR) is 82.0 cm³/mol. The van der Waals surface area contributed by atoms with Crippen molar-refractivity contribution in [2.24, 2.45) is 0 Å². The van der Waals surface area contributed by atoms with Gasteiger partial charge in [-0.3, -0.25) is 4.52 Å². The van der Waals surface area contributed by atoms with E-state index in [0.717, 1.165) is 32.9 Å². The molecular formula is C15H16NO4P. The number of fused-ring (bicyclic) bond motifs is 3. The highest BCUT2D eigenvalue weighted by Gasteiger charge is 2.17. The van der Waals surface area contributed by atoms with Crippen LogP contribution >= 0.6 is 7.82 Å². The van der Waals surface area contributed by atoms with Gasteiger partial charge in [0.2, 0.25) is 0 Å². The Morgan fingerprint density at radius 3 is 1.90 bits per heavy atom. The van der Waals surface area contributed by atoms with E-state index in [1.807, 2.05) is 38.1 Å². The van der Waals surface area contributed by atoms with Crippen LogP contribution in [0.3, 0.4) is 0 Å². The van der Waals surface area contributed by atoms with Crippen LogP contribution in [0.2, 0.25) is 0 Å². The minimum atomic E-state index is -4.50. The van der Waals surface area contributed by atoms with E-state index in [1.54, 1.807) is 4.57 Å². The largest absolute Gasteiger partial charge is 0.471 e. The number of benzene rings is 2. The van der Waals surface area contributed by atoms with E-state index >= 15 is 0 Å². The van der Waals surface area contributed by atoms with Crippen LogP contribution in [0.4, 0.5) is 0 Å². The van der Waals surface area contributed by atoms with Crippen molar-refractivity contribution < 1.29 is 18.9 Å². The molecule has 0 radical (unpaired) electrons. The number of phosphoric ester groups is 1. The SMILES string of the molecule is Cc1ccc2c(c1)c1cc(C)ccc1n2COP(=O)(O)O. The fourth-order valence-corrected chi connectivity index (χ4v) is 2.87. The molecule has 0 fully saturated rings. The van der Waals surface area contributed by atoms with E-state index in [9.17, 15) is 4.57 Å². The van der Waals surface area contributed by atoms with Crippen LogP contribution in [0.15, 0.2) is 36.4 Å². The standard InChI is InChI=1S/C15H16NO4P/c1-10-3-5-14-12(7-10)13-8-11(2)4-6-15(13)16(14)9-20-21(17,18)19/h3-8H,9H2,1-2H3,(H2,17,18,19). The molecule has 0 saturated heterocycles. The fourth-order valence-electron chi connectivity index (χ4n) is 2.60. The summed E-state index contributed by atoms with van der Waals surface area (Å²) in [5.41, 5.74) is 4.07. The minimum Gasteiger partial charge on any atom is -0.316 e. The first-order valence-corrected chi connectivity index (χ1v) is 8.07. The van der Waals surface area contributed by atoms with Crippen LogP contribution in [-0.4, -0.2) is 14.4 Å². The van der Waals surface area contributed by atoms with E-state index in [-0.39, 0.29) is 6.73 Å². The van der Waals surface area contributed by atoms with Gasteiger partial charge in [0.25, 0.3) is 0 Å². The number of phosphoric acid groups is 1. The van der Waals surface area contributed by atoms with Crippen molar-refractivity contribution in [1.29, 1.82) is 0 Å². The average Bonchev–Trinajstić information content (AvgIpc) is 2.68. The maximum atomic E-state index is 11.0. The summed E-state index contributed by atoms with van der Waals surface area (Å²) in [6.45, 7) is 3.85. The highest BCUT2D eigenvalue weighted by molar-refractivity contribution is 7.46. The number of hydrogen-bond donors (Lipinski definition) is 2. The van der Waals surface area contributed by atoms with Crippen molar-refractivity contribution in [1.82, 2.24) is 4.57 Å². The average molecular weight is 305 g/mol. The second kappa shape index (κ2) is 4.97. The molecule has 1 heterocycles. The summed E-state index contributed by atoms with van der Waals surface area (Å²) >= 11 is 0. The van der Waals surface area contributed by atoms with Crippen LogP contribution in [0.5, 0.6) is 0 Å². The van der Waals surface area contributed by atoms with Crippen LogP contribution in [0.25, 0.3) is 21.8 Å². The molecule has 110 valence electrons. The Morgan fingerprint density at radius 2 is 1.48 bits per heavy atom. The predicted octanol–water partition coefficient (Wildman–Crippen LogP) is 3.48. The number of hydrogen-bond acceptors (Lipinski definition) is 2. The Bertz CT molecular complexity index is 819. The van der Waals surface area contributed by atoms with Gasteiger partial charge in [-0.1, -0.05) is 23.3 Å². The van der Waals surface area contributed by atoms with Crippen LogP contribution < -0.4 is 0 Å². The lowest BCUT2D eigenvalue weighted by atomic mass is 10.1. The fraction of sp³-hybridized carbons (Fsp3) is 0.200. The number of rotatable bonds is 3. The van der Waals surface area contributed by atoms with Crippen LogP contribution in [0, 0.1) is 13.8 Å². The second-order valence-electron chi connectivity index (χ2n) is 5.22. The third-order valence-corrected chi connectivity index (χ3v) is 3.98. The first-order chi connectivity index (χ1) is 9.85. The maximum Gasteiger partial charge on any atom is 0.471 e. The Kier molecular flexibility index (Phi) is 3.38. The third-order valence-electron chi connectivity index (χ3n) is 3.53. The molecule has 0 aliphatic carbocycles. The van der Waals surface area contributed by atoms with Gasteiger partial charge in [-0.2, -0.15) is 0 Å². The highest BCUT2D eigenvalue weighted by atomic mass is 31.2. The van der Waals surface area contributed by atoms with E-state index in [0.29, 0.717) is 0 Å². The first-order valence-electron chi connectivity index (χ1n) is 6.54. The van der Waals surface area contributed by atoms with Crippen LogP contribution in [-0.2, 0) is 15.8 Å². The topological polar surface area (TPSA) is 71.7 Å². The number of aryl methyl sites for hydroxylation is 2. The summed E-state index contributed by atoms with van der Waals surface area (Å²) < 4.78 is 17.4. The molecule has 2 N–H and O–H groups in total. The van der Waals surface area contributed by atoms with Gasteiger partial charge >= 0.3 is 7.82 Å². The van der Waals surface area contributed by atoms with Crippen LogP contribution in [0.1, 0.15) is 11.1 Å². The minimum absolute atomic E-state index is 0.184. The summed E-state index contributed by atoms with van der Waals surface area (Å²) in [6, 6.07) is 12.0. The molecule has 1 aromatic heterocycles. The molecule has 3 aromatic rings. The summed E-state index contributed by atoms with van der Waals surface area (Å²) in [6.07, 6.45) is 0. The summed E-state index contributed by atoms with van der Waals surface area (Å²) in [5, 5.41) is 2.12. The summed E-state index contributed by atoms with van der Waals surface area (Å²) in [4.78, 5) is 17.8. The zero-order chi connectivity index (χ0) is 15.2. The molecule has 3 rings (SSSR count). The number of aromatic nitrogens is 1. The monoisotopic (exact) mass is 305 g/mol. The molecule has 6 heteroatoms. The lowest BCUT2D eigenvalue weighted by Crippen LogP contribution is -2.00. The molecule has 0 saturated carbocycles. The molecule has 0 bridgehead atoms. The van der Waals surface area contributed by atoms with Gasteiger partial charge < -0.3 is 14.4 Å². The lowest BCUT2D eigenvalue weighted by molar-refractivity contribution is 0.158. The zero-order valence-electron chi connectivity index (χ0n) is 11.8. The Morgan fingerprint density at radius 1 is 1.00 bits per heavy atom. The Hall–Kier alpha value is -1.65. The molecule has 0 spiro atoms. The molecule has 21 heavy (non-hydrogen) atoms. The molecule has 2 aromatic carbocycles. The maximum absolute atomic E-state index is 11.0. The normalized spacial score (nSPS) is 12.4. The Labute approximate surface area is 122 Å². The van der Waals surface area contributed by atoms with E-state index in [1.165, 1.54) is 0 Å². The van der Waals surface area contributed by atoms with Crippen molar-refractivity contribution in [2.45, 2.75) is 20.6 Å². The highest BCUT2D eigenvalue weighted by Crippen LogP contribution is 2.38. The quantitative estimate of drug-likeness (QED) is 0.727. The van der Waals surface area contributed by atoms with Gasteiger partial charge in [0.15, 0.2) is 0 Å². The summed E-state index contributed by atoms with van der Waals surface area (Å²) in [5.74, 6) is 0. The zero-order valence-corrected chi connectivity index (χ0v) is 12.7. The van der Waals surface area contributed by atoms with Gasteiger partial charge in [-0.05, 0) is 38.1 Å². The molecule has 0 aliphatic heterocycles. The van der Waals surface area contributed by atoms with Gasteiger partial charge in [0.1, 0.15) is 6.73 Å². The second-order valence-corrected chi connectivity index (χ2v) is 6.46. The molecule has 0 amide bonds. The van der Waals surface area contributed by atoms with Crippen molar-refractivity contribution >= 4 is 29.6 Å². The smallest absolute Gasteiger partial charge is 0.316 e. The third kappa shape index (κ3) is 2.74. The van der Waals surface area contributed by atoms with Gasteiger partial charge in [0.05, 0.1) is 11.0 Å². The summed E-state index contributed by atoms with van der Waals surface area (Å²) in [7, 11) is -4.50. The van der Waals surface area contributed by atoms with Crippen molar-refractivity contribution in [3.63, 3.8) is 0 Å². The first kappa shape index (κ1) is 14.3. The van der Waals surface area contributed by atoms with Crippen molar-refractivity contribution in [2.75, 3.05) is 0 Å². The lowest BCUT2D eigenvalue weighted by Gasteiger charge is -2.09. The molecule has 0 aliphatic rings. The van der Waals surface area contributed by atoms with Crippen molar-refractivity contribution in [3.05, 3.63) is 47.5 Å². The van der Waals surface area contributed by atoms with E-state index < -0.39 is 7.82 Å². The van der Waals surface area contributed by atoms with Crippen molar-refractivity contribution in [3.8, 4) is 0 Å². The van der Waals surface area contributed by atoms with E-state index in [4.69, 9.17) is 9.79 Å². The molecule has 0 atom stereocenters. The van der Waals surface area contributed by atoms with Gasteiger partial charge in [0, 0.05) is 10.8 Å². The Balaban J connectivity index is 2.27. The molecule has 0 unspecified atom stereocenters. The van der Waals surface area contributed by atoms with E-state index in [2.05, 4.69) is 16.7 Å². The number of nitrogens with zero attached hydrogens (tertiary/aromatic N) is 1.